The van der Waals surface area contributed by atoms with Crippen molar-refractivity contribution in [2.75, 3.05) is 11.9 Å². The molecule has 5 heteroatoms. The summed E-state index contributed by atoms with van der Waals surface area (Å²) in [6.07, 6.45) is 6.53. The zero-order valence-electron chi connectivity index (χ0n) is 13.5. The van der Waals surface area contributed by atoms with Crippen molar-refractivity contribution < 1.29 is 14.6 Å². The van der Waals surface area contributed by atoms with E-state index in [1.54, 1.807) is 0 Å². The van der Waals surface area contributed by atoms with Crippen LogP contribution < -0.4 is 15.4 Å². The molecule has 1 aromatic carbocycles. The number of aliphatic hydroxyl groups excluding tert-OH is 1. The number of carbonyl (C=O) groups is 1. The van der Waals surface area contributed by atoms with Crippen molar-refractivity contribution in [2.24, 2.45) is 0 Å². The minimum atomic E-state index is -0.375. The van der Waals surface area contributed by atoms with Crippen LogP contribution in [0.25, 0.3) is 0 Å². The summed E-state index contributed by atoms with van der Waals surface area (Å²) in [6, 6.07) is 7.32. The summed E-state index contributed by atoms with van der Waals surface area (Å²) in [5, 5.41) is 16.1. The fraction of sp³-hybridized carbons (Fsp3) is 0.611. The van der Waals surface area contributed by atoms with Gasteiger partial charge >= 0.3 is 0 Å². The molecule has 0 bridgehead atoms. The Morgan fingerprint density at radius 2 is 1.83 bits per heavy atom. The molecular formula is C18H26N2O3. The third kappa shape index (κ3) is 4.45. The quantitative estimate of drug-likeness (QED) is 0.797. The summed E-state index contributed by atoms with van der Waals surface area (Å²) in [6.45, 7) is 0.911. The molecule has 0 aromatic heterocycles. The van der Waals surface area contributed by atoms with Gasteiger partial charge in [0.1, 0.15) is 11.9 Å². The highest BCUT2D eigenvalue weighted by Gasteiger charge is 2.24. The average molecular weight is 318 g/mol. The van der Waals surface area contributed by atoms with E-state index in [0.717, 1.165) is 62.9 Å². The van der Waals surface area contributed by atoms with E-state index >= 15 is 0 Å². The van der Waals surface area contributed by atoms with Crippen molar-refractivity contribution in [3.63, 3.8) is 0 Å². The van der Waals surface area contributed by atoms with Gasteiger partial charge in [-0.3, -0.25) is 4.79 Å². The Kier molecular flexibility index (Phi) is 5.51. The number of ether oxygens (including phenoxy) is 1. The fourth-order valence-electron chi connectivity index (χ4n) is 3.31. The zero-order chi connectivity index (χ0) is 16.1. The van der Waals surface area contributed by atoms with Gasteiger partial charge in [-0.2, -0.15) is 0 Å². The normalized spacial score (nSPS) is 28.1. The number of nitrogens with one attached hydrogen (secondary N) is 2. The Morgan fingerprint density at radius 3 is 2.52 bits per heavy atom. The molecule has 3 atom stereocenters. The second-order valence-corrected chi connectivity index (χ2v) is 6.52. The number of anilines is 1. The lowest BCUT2D eigenvalue weighted by Gasteiger charge is -2.28. The van der Waals surface area contributed by atoms with Gasteiger partial charge in [-0.25, -0.2) is 0 Å². The molecule has 1 saturated carbocycles. The van der Waals surface area contributed by atoms with Gasteiger partial charge < -0.3 is 20.5 Å². The lowest BCUT2D eigenvalue weighted by Crippen LogP contribution is -2.43. The maximum Gasteiger partial charge on any atom is 0.241 e. The topological polar surface area (TPSA) is 70.6 Å². The Balaban J connectivity index is 1.53. The molecule has 1 heterocycles. The van der Waals surface area contributed by atoms with Crippen LogP contribution in [0, 0.1) is 0 Å². The average Bonchev–Trinajstić information content (AvgIpc) is 2.59. The Morgan fingerprint density at radius 1 is 1.09 bits per heavy atom. The van der Waals surface area contributed by atoms with Gasteiger partial charge in [-0.1, -0.05) is 12.8 Å². The highest BCUT2D eigenvalue weighted by Crippen LogP contribution is 2.25. The molecule has 3 N–H and O–H groups in total. The van der Waals surface area contributed by atoms with Crippen LogP contribution in [0.4, 0.5) is 5.69 Å². The van der Waals surface area contributed by atoms with E-state index in [1.807, 2.05) is 24.3 Å². The van der Waals surface area contributed by atoms with Crippen molar-refractivity contribution >= 4 is 11.6 Å². The molecule has 1 amide bonds. The highest BCUT2D eigenvalue weighted by atomic mass is 16.5. The number of rotatable bonds is 4. The summed E-state index contributed by atoms with van der Waals surface area (Å²) in [4.78, 5) is 12.2. The predicted molar refractivity (Wildman–Crippen MR) is 89.6 cm³/mol. The molecule has 1 saturated heterocycles. The van der Waals surface area contributed by atoms with Crippen molar-refractivity contribution in [2.45, 2.75) is 63.2 Å². The summed E-state index contributed by atoms with van der Waals surface area (Å²) >= 11 is 0. The number of aliphatic hydroxyl groups is 1. The molecule has 0 radical (unpaired) electrons. The van der Waals surface area contributed by atoms with E-state index in [2.05, 4.69) is 10.6 Å². The number of carbonyl (C=O) groups excluding carboxylic acids is 1. The van der Waals surface area contributed by atoms with Gasteiger partial charge in [0.2, 0.25) is 5.91 Å². The van der Waals surface area contributed by atoms with E-state index in [1.165, 1.54) is 0 Å². The number of amides is 1. The standard InChI is InChI=1S/C18H26N2O3/c21-16-6-1-2-7-17(16)23-14-10-8-13(9-11-14)20-18(22)15-5-3-4-12-19-15/h8-11,15-17,19,21H,1-7,12H2,(H,20,22)/t15-,16?,17?/m1/s1. The molecule has 1 aliphatic carbocycles. The van der Waals surface area contributed by atoms with Gasteiger partial charge in [0, 0.05) is 5.69 Å². The Labute approximate surface area is 137 Å². The smallest absolute Gasteiger partial charge is 0.241 e. The third-order valence-corrected chi connectivity index (χ3v) is 4.70. The molecule has 0 spiro atoms. The predicted octanol–water partition coefficient (Wildman–Crippen LogP) is 2.45. The molecule has 3 rings (SSSR count). The fourth-order valence-corrected chi connectivity index (χ4v) is 3.31. The minimum Gasteiger partial charge on any atom is -0.488 e. The number of piperidine rings is 1. The van der Waals surface area contributed by atoms with E-state index in [9.17, 15) is 9.90 Å². The lowest BCUT2D eigenvalue weighted by atomic mass is 9.95. The van der Waals surface area contributed by atoms with Crippen molar-refractivity contribution in [1.82, 2.24) is 5.32 Å². The Bertz CT molecular complexity index is 512. The summed E-state index contributed by atoms with van der Waals surface area (Å²) in [5.74, 6) is 0.769. The van der Waals surface area contributed by atoms with Crippen molar-refractivity contribution in [1.29, 1.82) is 0 Å². The number of benzene rings is 1. The van der Waals surface area contributed by atoms with Crippen molar-refractivity contribution in [3.05, 3.63) is 24.3 Å². The van der Waals surface area contributed by atoms with Crippen LogP contribution in [0.5, 0.6) is 5.75 Å². The first-order valence-corrected chi connectivity index (χ1v) is 8.71. The van der Waals surface area contributed by atoms with Crippen LogP contribution in [0.15, 0.2) is 24.3 Å². The lowest BCUT2D eigenvalue weighted by molar-refractivity contribution is -0.118. The van der Waals surface area contributed by atoms with Gasteiger partial charge in [-0.15, -0.1) is 0 Å². The maximum atomic E-state index is 12.2. The van der Waals surface area contributed by atoms with E-state index < -0.39 is 0 Å². The van der Waals surface area contributed by atoms with Crippen LogP contribution >= 0.6 is 0 Å². The summed E-state index contributed by atoms with van der Waals surface area (Å²) in [7, 11) is 0. The molecule has 2 fully saturated rings. The van der Waals surface area contributed by atoms with E-state index in [-0.39, 0.29) is 24.2 Å². The maximum absolute atomic E-state index is 12.2. The molecule has 2 unspecified atom stereocenters. The first kappa shape index (κ1) is 16.3. The van der Waals surface area contributed by atoms with Crippen LogP contribution in [0.1, 0.15) is 44.9 Å². The SMILES string of the molecule is O=C(Nc1ccc(OC2CCCCC2O)cc1)[C@H]1CCCCN1. The van der Waals surface area contributed by atoms with Crippen LogP contribution in [0.2, 0.25) is 0 Å². The van der Waals surface area contributed by atoms with Gasteiger partial charge in [-0.05, 0) is 62.9 Å². The second kappa shape index (κ2) is 7.79. The molecule has 1 aromatic rings. The molecule has 1 aliphatic heterocycles. The minimum absolute atomic E-state index is 0.0288. The van der Waals surface area contributed by atoms with Gasteiger partial charge in [0.25, 0.3) is 0 Å². The molecule has 23 heavy (non-hydrogen) atoms. The van der Waals surface area contributed by atoms with E-state index in [4.69, 9.17) is 4.74 Å². The highest BCUT2D eigenvalue weighted by molar-refractivity contribution is 5.94. The van der Waals surface area contributed by atoms with Gasteiger partial charge in [0.15, 0.2) is 0 Å². The second-order valence-electron chi connectivity index (χ2n) is 6.52. The largest absolute Gasteiger partial charge is 0.488 e. The molecule has 126 valence electrons. The van der Waals surface area contributed by atoms with Crippen LogP contribution in [-0.2, 0) is 4.79 Å². The third-order valence-electron chi connectivity index (χ3n) is 4.70. The number of hydrogen-bond donors (Lipinski definition) is 3. The monoisotopic (exact) mass is 318 g/mol. The van der Waals surface area contributed by atoms with Crippen molar-refractivity contribution in [3.8, 4) is 5.75 Å². The zero-order valence-corrected chi connectivity index (χ0v) is 13.5. The summed E-state index contributed by atoms with van der Waals surface area (Å²) < 4.78 is 5.87. The molecular weight excluding hydrogens is 292 g/mol. The van der Waals surface area contributed by atoms with Crippen LogP contribution in [0.3, 0.4) is 0 Å². The summed E-state index contributed by atoms with van der Waals surface area (Å²) in [5.41, 5.74) is 0.777. The van der Waals surface area contributed by atoms with E-state index in [0.29, 0.717) is 0 Å². The van der Waals surface area contributed by atoms with Crippen LogP contribution in [-0.4, -0.2) is 35.8 Å². The Hall–Kier alpha value is -1.59. The first-order valence-electron chi connectivity index (χ1n) is 8.71. The van der Waals surface area contributed by atoms with Gasteiger partial charge in [0.05, 0.1) is 12.1 Å². The molecule has 5 nitrogen and oxygen atoms in total. The number of hydrogen-bond acceptors (Lipinski definition) is 4. The first-order chi connectivity index (χ1) is 11.2. The molecule has 2 aliphatic rings.